The molecule has 0 N–H and O–H groups in total. The highest BCUT2D eigenvalue weighted by Gasteiger charge is 2.30. The Morgan fingerprint density at radius 3 is 2.35 bits per heavy atom. The van der Waals surface area contributed by atoms with E-state index in [9.17, 15) is 9.59 Å². The Balaban J connectivity index is 1.80. The molecular weight excluding hydrogens is 466 g/mol. The lowest BCUT2D eigenvalue weighted by atomic mass is 10.0. The first-order valence-corrected chi connectivity index (χ1v) is 12.5. The van der Waals surface area contributed by atoms with Crippen LogP contribution in [0.3, 0.4) is 0 Å². The number of methoxy groups -OCH3 is 2. The molecule has 0 saturated heterocycles. The summed E-state index contributed by atoms with van der Waals surface area (Å²) in [5.74, 6) is 0.519. The second kappa shape index (κ2) is 12.6. The highest BCUT2D eigenvalue weighted by molar-refractivity contribution is 5.96. The number of carbonyl (C=O) groups is 2. The van der Waals surface area contributed by atoms with Crippen LogP contribution in [0.4, 0.5) is 0 Å². The van der Waals surface area contributed by atoms with Gasteiger partial charge in [-0.2, -0.15) is 0 Å². The zero-order valence-electron chi connectivity index (χ0n) is 22.9. The minimum Gasteiger partial charge on any atom is -0.497 e. The number of benzene rings is 2. The fraction of sp³-hybridized carbons (Fsp3) is 0.400. The maximum atomic E-state index is 13.7. The number of nitrogens with zero attached hydrogens (tertiary/aromatic N) is 3. The van der Waals surface area contributed by atoms with E-state index in [0.29, 0.717) is 31.8 Å². The van der Waals surface area contributed by atoms with E-state index in [-0.39, 0.29) is 18.4 Å². The van der Waals surface area contributed by atoms with Crippen molar-refractivity contribution in [2.45, 2.75) is 46.3 Å². The van der Waals surface area contributed by atoms with Crippen molar-refractivity contribution >= 4 is 11.8 Å². The van der Waals surface area contributed by atoms with E-state index in [4.69, 9.17) is 9.47 Å². The summed E-state index contributed by atoms with van der Waals surface area (Å²) in [6.07, 6.45) is 2.02. The lowest BCUT2D eigenvalue weighted by Crippen LogP contribution is -2.50. The molecule has 0 atom stereocenters. The summed E-state index contributed by atoms with van der Waals surface area (Å²) in [5.41, 5.74) is 3.32. The van der Waals surface area contributed by atoms with E-state index < -0.39 is 5.54 Å². The Morgan fingerprint density at radius 2 is 1.70 bits per heavy atom. The average Bonchev–Trinajstić information content (AvgIpc) is 3.30. The molecule has 0 saturated carbocycles. The third-order valence-electron chi connectivity index (χ3n) is 6.32. The molecule has 0 bridgehead atoms. The first-order valence-electron chi connectivity index (χ1n) is 12.5. The highest BCUT2D eigenvalue weighted by Crippen LogP contribution is 2.21. The van der Waals surface area contributed by atoms with Gasteiger partial charge in [-0.3, -0.25) is 9.59 Å². The lowest BCUT2D eigenvalue weighted by Gasteiger charge is -2.37. The molecule has 0 aliphatic heterocycles. The van der Waals surface area contributed by atoms with E-state index >= 15 is 0 Å². The third-order valence-corrected chi connectivity index (χ3v) is 6.32. The summed E-state index contributed by atoms with van der Waals surface area (Å²) >= 11 is 0. The molecule has 7 heteroatoms. The molecule has 1 heterocycles. The molecule has 37 heavy (non-hydrogen) atoms. The number of aromatic nitrogens is 1. The van der Waals surface area contributed by atoms with Crippen LogP contribution in [0.2, 0.25) is 0 Å². The Bertz CT molecular complexity index is 1180. The molecule has 0 spiro atoms. The largest absolute Gasteiger partial charge is 0.497 e. The molecule has 2 amide bonds. The average molecular weight is 506 g/mol. The molecule has 3 aromatic rings. The van der Waals surface area contributed by atoms with Gasteiger partial charge in [0.15, 0.2) is 0 Å². The molecule has 1 aromatic heterocycles. The van der Waals surface area contributed by atoms with Crippen molar-refractivity contribution in [1.82, 2.24) is 14.4 Å². The number of aryl methyl sites for hydroxylation is 1. The molecule has 0 fully saturated rings. The summed E-state index contributed by atoms with van der Waals surface area (Å²) < 4.78 is 12.7. The maximum absolute atomic E-state index is 13.7. The fourth-order valence-corrected chi connectivity index (χ4v) is 4.16. The third kappa shape index (κ3) is 7.70. The second-order valence-electron chi connectivity index (χ2n) is 10.2. The van der Waals surface area contributed by atoms with Crippen molar-refractivity contribution in [2.75, 3.05) is 33.9 Å². The Kier molecular flexibility index (Phi) is 9.53. The number of rotatable bonds is 11. The van der Waals surface area contributed by atoms with Gasteiger partial charge in [0.05, 0.1) is 20.3 Å². The van der Waals surface area contributed by atoms with Crippen LogP contribution in [0.5, 0.6) is 5.75 Å². The SMILES string of the molecule is COCCN(CC(=O)N(Cc1cccn1Cc1cccc(OC)c1)C(C)(C)C)C(=O)c1ccc(C)cc1. The van der Waals surface area contributed by atoms with Gasteiger partial charge in [-0.25, -0.2) is 0 Å². The first-order chi connectivity index (χ1) is 17.6. The quantitative estimate of drug-likeness (QED) is 0.377. The van der Waals surface area contributed by atoms with Crippen molar-refractivity contribution in [1.29, 1.82) is 0 Å². The monoisotopic (exact) mass is 505 g/mol. The number of amides is 2. The second-order valence-corrected chi connectivity index (χ2v) is 10.2. The van der Waals surface area contributed by atoms with Crippen LogP contribution in [0.25, 0.3) is 0 Å². The van der Waals surface area contributed by atoms with Gasteiger partial charge in [-0.15, -0.1) is 0 Å². The Hall–Kier alpha value is -3.58. The summed E-state index contributed by atoms with van der Waals surface area (Å²) in [6.45, 7) is 9.77. The number of hydrogen-bond donors (Lipinski definition) is 0. The summed E-state index contributed by atoms with van der Waals surface area (Å²) in [4.78, 5) is 30.4. The molecule has 0 unspecified atom stereocenters. The van der Waals surface area contributed by atoms with Gasteiger partial charge >= 0.3 is 0 Å². The van der Waals surface area contributed by atoms with Gasteiger partial charge in [0.1, 0.15) is 12.3 Å². The number of ether oxygens (including phenoxy) is 2. The van der Waals surface area contributed by atoms with Crippen molar-refractivity contribution in [2.24, 2.45) is 0 Å². The molecule has 3 rings (SSSR count). The van der Waals surface area contributed by atoms with E-state index in [0.717, 1.165) is 22.6 Å². The van der Waals surface area contributed by atoms with E-state index in [2.05, 4.69) is 10.6 Å². The van der Waals surface area contributed by atoms with Crippen LogP contribution in [0.1, 0.15) is 48.0 Å². The van der Waals surface area contributed by atoms with Crippen molar-refractivity contribution in [3.63, 3.8) is 0 Å². The zero-order valence-corrected chi connectivity index (χ0v) is 22.9. The van der Waals surface area contributed by atoms with Crippen LogP contribution in [-0.2, 0) is 22.6 Å². The van der Waals surface area contributed by atoms with Crippen LogP contribution in [-0.4, -0.2) is 65.6 Å². The smallest absolute Gasteiger partial charge is 0.254 e. The topological polar surface area (TPSA) is 64.0 Å². The van der Waals surface area contributed by atoms with Crippen LogP contribution in [0.15, 0.2) is 66.9 Å². The predicted molar refractivity (Wildman–Crippen MR) is 146 cm³/mol. The minimum absolute atomic E-state index is 0.0239. The first kappa shape index (κ1) is 28.0. The van der Waals surface area contributed by atoms with E-state index in [1.165, 1.54) is 0 Å². The zero-order chi connectivity index (χ0) is 27.0. The van der Waals surface area contributed by atoms with Gasteiger partial charge in [0.2, 0.25) is 5.91 Å². The van der Waals surface area contributed by atoms with Gasteiger partial charge in [-0.05, 0) is 69.7 Å². The molecule has 0 aliphatic rings. The van der Waals surface area contributed by atoms with Gasteiger partial charge in [0.25, 0.3) is 5.91 Å². The van der Waals surface area contributed by atoms with Crippen molar-refractivity contribution in [3.05, 3.63) is 89.2 Å². The molecule has 0 radical (unpaired) electrons. The number of hydrogen-bond acceptors (Lipinski definition) is 4. The highest BCUT2D eigenvalue weighted by atomic mass is 16.5. The van der Waals surface area contributed by atoms with Gasteiger partial charge in [-0.1, -0.05) is 29.8 Å². The molecular formula is C30H39N3O4. The predicted octanol–water partition coefficient (Wildman–Crippen LogP) is 4.77. The lowest BCUT2D eigenvalue weighted by molar-refractivity contribution is -0.137. The van der Waals surface area contributed by atoms with Gasteiger partial charge in [0, 0.05) is 43.2 Å². The van der Waals surface area contributed by atoms with Gasteiger partial charge < -0.3 is 23.8 Å². The van der Waals surface area contributed by atoms with Crippen LogP contribution < -0.4 is 4.74 Å². The van der Waals surface area contributed by atoms with E-state index in [1.807, 2.05) is 81.3 Å². The maximum Gasteiger partial charge on any atom is 0.254 e. The Morgan fingerprint density at radius 1 is 0.973 bits per heavy atom. The van der Waals surface area contributed by atoms with Crippen molar-refractivity contribution in [3.8, 4) is 5.75 Å². The molecule has 198 valence electrons. The summed E-state index contributed by atoms with van der Waals surface area (Å²) in [6, 6.07) is 19.4. The van der Waals surface area contributed by atoms with E-state index in [1.54, 1.807) is 31.3 Å². The normalized spacial score (nSPS) is 11.3. The standard InChI is InChI=1S/C30H39N3O4/c1-23-12-14-25(15-13-23)29(35)32(17-18-36-5)22-28(34)33(30(2,3)4)21-26-10-8-16-31(26)20-24-9-7-11-27(19-24)37-6/h7-16,19H,17-18,20-22H2,1-6H3. The van der Waals surface area contributed by atoms with Crippen LogP contribution in [0, 0.1) is 6.92 Å². The molecule has 0 aliphatic carbocycles. The van der Waals surface area contributed by atoms with Crippen molar-refractivity contribution < 1.29 is 19.1 Å². The number of carbonyl (C=O) groups excluding carboxylic acids is 2. The summed E-state index contributed by atoms with van der Waals surface area (Å²) in [7, 11) is 3.25. The fourth-order valence-electron chi connectivity index (χ4n) is 4.16. The van der Waals surface area contributed by atoms with Crippen LogP contribution >= 0.6 is 0 Å². The summed E-state index contributed by atoms with van der Waals surface area (Å²) in [5, 5.41) is 0. The molecule has 7 nitrogen and oxygen atoms in total. The molecule has 2 aromatic carbocycles. The minimum atomic E-state index is -0.442. The Labute approximate surface area is 220 Å².